The number of aryl methyl sites for hydroxylation is 1. The maximum absolute atomic E-state index is 10.9. The van der Waals surface area contributed by atoms with Crippen molar-refractivity contribution >= 4 is 40.9 Å². The summed E-state index contributed by atoms with van der Waals surface area (Å²) in [5.74, 6) is -0.574. The second kappa shape index (κ2) is 6.31. The molecule has 1 rings (SSSR count). The smallest absolute Gasteiger partial charge is 0.321 e. The van der Waals surface area contributed by atoms with Crippen molar-refractivity contribution in [3.8, 4) is 0 Å². The van der Waals surface area contributed by atoms with Gasteiger partial charge in [-0.2, -0.15) is 0 Å². The molecule has 0 amide bonds. The van der Waals surface area contributed by atoms with Gasteiger partial charge in [0.1, 0.15) is 11.2 Å². The molecule has 1 heterocycles. The van der Waals surface area contributed by atoms with Gasteiger partial charge in [-0.1, -0.05) is 23.2 Å². The van der Waals surface area contributed by atoms with Gasteiger partial charge in [0, 0.05) is 26.8 Å². The molecule has 7 heteroatoms. The van der Waals surface area contributed by atoms with E-state index in [-0.39, 0.29) is 0 Å². The molecule has 0 aliphatic carbocycles. The molecule has 0 radical (unpaired) electrons. The molecule has 0 saturated carbocycles. The van der Waals surface area contributed by atoms with Gasteiger partial charge in [-0.3, -0.25) is 4.79 Å². The zero-order chi connectivity index (χ0) is 14.8. The number of carboxylic acids is 1. The molecule has 0 fully saturated rings. The largest absolute Gasteiger partial charge is 0.480 e. The van der Waals surface area contributed by atoms with Crippen molar-refractivity contribution in [1.82, 2.24) is 4.98 Å². The monoisotopic (exact) mass is 322 g/mol. The molecule has 3 N–H and O–H groups in total. The number of carboxylic acid groups (broad SMARTS) is 1. The van der Waals surface area contributed by atoms with Crippen molar-refractivity contribution in [3.63, 3.8) is 0 Å². The molecule has 1 aromatic rings. The van der Waals surface area contributed by atoms with Crippen LogP contribution < -0.4 is 5.73 Å². The van der Waals surface area contributed by atoms with E-state index < -0.39 is 16.8 Å². The summed E-state index contributed by atoms with van der Waals surface area (Å²) in [6, 6.07) is 0.765. The number of hydrogen-bond acceptors (Lipinski definition) is 4. The standard InChI is InChI=1S/C12H16Cl2N2O2S/c1-6-4-8(13)7(10(14)16-6)5-19-12(2,3)9(15)11(17)18/h4,9H,5,15H2,1-3H3,(H,17,18)/t9-/m0/s1. The van der Waals surface area contributed by atoms with E-state index in [0.717, 1.165) is 5.69 Å². The number of pyridine rings is 1. The Morgan fingerprint density at radius 3 is 2.63 bits per heavy atom. The predicted octanol–water partition coefficient (Wildman–Crippen LogP) is 3.12. The Morgan fingerprint density at radius 2 is 2.16 bits per heavy atom. The maximum Gasteiger partial charge on any atom is 0.321 e. The Bertz CT molecular complexity index is 472. The number of hydrogen-bond donors (Lipinski definition) is 2. The summed E-state index contributed by atoms with van der Waals surface area (Å²) in [6.07, 6.45) is 0. The van der Waals surface area contributed by atoms with Crippen molar-refractivity contribution < 1.29 is 9.90 Å². The molecule has 0 aliphatic heterocycles. The number of thioether (sulfide) groups is 1. The first kappa shape index (κ1) is 16.6. The second-order valence-electron chi connectivity index (χ2n) is 4.72. The molecule has 0 bridgehead atoms. The fraction of sp³-hybridized carbons (Fsp3) is 0.500. The van der Waals surface area contributed by atoms with Crippen LogP contribution in [0.15, 0.2) is 6.07 Å². The van der Waals surface area contributed by atoms with Gasteiger partial charge >= 0.3 is 5.97 Å². The summed E-state index contributed by atoms with van der Waals surface area (Å²) in [7, 11) is 0. The summed E-state index contributed by atoms with van der Waals surface area (Å²) in [5, 5.41) is 9.83. The SMILES string of the molecule is Cc1cc(Cl)c(CSC(C)(C)[C@@H](N)C(=O)O)c(Cl)n1. The van der Waals surface area contributed by atoms with Gasteiger partial charge in [-0.15, -0.1) is 11.8 Å². The molecule has 1 aromatic heterocycles. The molecule has 0 aliphatic rings. The first-order valence-corrected chi connectivity index (χ1v) is 7.33. The van der Waals surface area contributed by atoms with E-state index >= 15 is 0 Å². The summed E-state index contributed by atoms with van der Waals surface area (Å²) >= 11 is 13.6. The maximum atomic E-state index is 10.9. The molecule has 0 unspecified atom stereocenters. The summed E-state index contributed by atoms with van der Waals surface area (Å²) in [5.41, 5.74) is 7.10. The van der Waals surface area contributed by atoms with E-state index in [1.165, 1.54) is 11.8 Å². The van der Waals surface area contributed by atoms with E-state index in [1.807, 2.05) is 0 Å². The third kappa shape index (κ3) is 4.24. The van der Waals surface area contributed by atoms with Crippen molar-refractivity contribution in [2.24, 2.45) is 5.73 Å². The number of nitrogens with zero attached hydrogens (tertiary/aromatic N) is 1. The molecule has 1 atom stereocenters. The Morgan fingerprint density at radius 1 is 1.58 bits per heavy atom. The number of carbonyl (C=O) groups is 1. The van der Waals surface area contributed by atoms with Crippen LogP contribution in [-0.2, 0) is 10.5 Å². The molecule has 0 spiro atoms. The van der Waals surface area contributed by atoms with Crippen molar-refractivity contribution in [2.45, 2.75) is 37.3 Å². The highest BCUT2D eigenvalue weighted by molar-refractivity contribution is 7.99. The summed E-state index contributed by atoms with van der Waals surface area (Å²) < 4.78 is -0.636. The topological polar surface area (TPSA) is 76.2 Å². The van der Waals surface area contributed by atoms with E-state index in [2.05, 4.69) is 4.98 Å². The molecule has 106 valence electrons. The lowest BCUT2D eigenvalue weighted by molar-refractivity contribution is -0.139. The Hall–Kier alpha value is -0.490. The van der Waals surface area contributed by atoms with Crippen molar-refractivity contribution in [3.05, 3.63) is 27.5 Å². The summed E-state index contributed by atoms with van der Waals surface area (Å²) in [6.45, 7) is 5.36. The molecule has 0 aromatic carbocycles. The molecule has 19 heavy (non-hydrogen) atoms. The van der Waals surface area contributed by atoms with Crippen LogP contribution in [-0.4, -0.2) is 26.8 Å². The number of aromatic nitrogens is 1. The predicted molar refractivity (Wildman–Crippen MR) is 80.0 cm³/mol. The number of aliphatic carboxylic acids is 1. The molecular weight excluding hydrogens is 307 g/mol. The van der Waals surface area contributed by atoms with Crippen molar-refractivity contribution in [1.29, 1.82) is 0 Å². The number of halogens is 2. The van der Waals surface area contributed by atoms with Gasteiger partial charge in [-0.05, 0) is 26.8 Å². The molecule has 0 saturated heterocycles. The van der Waals surface area contributed by atoms with E-state index in [1.54, 1.807) is 26.8 Å². The average Bonchev–Trinajstić information content (AvgIpc) is 2.26. The lowest BCUT2D eigenvalue weighted by atomic mass is 10.1. The first-order valence-electron chi connectivity index (χ1n) is 5.59. The Kier molecular flexibility index (Phi) is 5.50. The third-order valence-corrected chi connectivity index (χ3v) is 4.83. The van der Waals surface area contributed by atoms with Crippen LogP contribution in [0.3, 0.4) is 0 Å². The highest BCUT2D eigenvalue weighted by Crippen LogP contribution is 2.35. The normalized spacial score (nSPS) is 13.4. The Labute approximate surface area is 126 Å². The fourth-order valence-corrected chi connectivity index (χ4v) is 3.31. The highest BCUT2D eigenvalue weighted by atomic mass is 35.5. The highest BCUT2D eigenvalue weighted by Gasteiger charge is 2.32. The number of rotatable bonds is 5. The van der Waals surface area contributed by atoms with Crippen molar-refractivity contribution in [2.75, 3.05) is 0 Å². The zero-order valence-electron chi connectivity index (χ0n) is 10.9. The second-order valence-corrected chi connectivity index (χ2v) is 7.12. The first-order chi connectivity index (χ1) is 8.65. The van der Waals surface area contributed by atoms with Crippen LogP contribution in [0.25, 0.3) is 0 Å². The van der Waals surface area contributed by atoms with E-state index in [9.17, 15) is 4.79 Å². The fourth-order valence-electron chi connectivity index (χ4n) is 1.40. The average molecular weight is 323 g/mol. The van der Waals surface area contributed by atoms with Crippen LogP contribution in [0.5, 0.6) is 0 Å². The minimum absolute atomic E-state index is 0.345. The Balaban J connectivity index is 2.85. The van der Waals surface area contributed by atoms with Gasteiger partial charge in [0.25, 0.3) is 0 Å². The minimum atomic E-state index is -1.03. The lowest BCUT2D eigenvalue weighted by Gasteiger charge is -2.28. The van der Waals surface area contributed by atoms with Crippen LogP contribution in [0.4, 0.5) is 0 Å². The molecular formula is C12H16Cl2N2O2S. The minimum Gasteiger partial charge on any atom is -0.480 e. The molecule has 4 nitrogen and oxygen atoms in total. The van der Waals surface area contributed by atoms with Gasteiger partial charge < -0.3 is 10.8 Å². The van der Waals surface area contributed by atoms with Crippen LogP contribution in [0, 0.1) is 6.92 Å². The van der Waals surface area contributed by atoms with Gasteiger partial charge in [0.05, 0.1) is 0 Å². The zero-order valence-corrected chi connectivity index (χ0v) is 13.2. The van der Waals surface area contributed by atoms with E-state index in [4.69, 9.17) is 34.0 Å². The lowest BCUT2D eigenvalue weighted by Crippen LogP contribution is -2.46. The van der Waals surface area contributed by atoms with Gasteiger partial charge in [0.15, 0.2) is 0 Å². The summed E-state index contributed by atoms with van der Waals surface area (Å²) in [4.78, 5) is 15.1. The van der Waals surface area contributed by atoms with Crippen LogP contribution in [0.2, 0.25) is 10.2 Å². The third-order valence-electron chi connectivity index (χ3n) is 2.75. The quantitative estimate of drug-likeness (QED) is 0.814. The van der Waals surface area contributed by atoms with Gasteiger partial charge in [0.2, 0.25) is 0 Å². The van der Waals surface area contributed by atoms with E-state index in [0.29, 0.717) is 21.5 Å². The van der Waals surface area contributed by atoms with Crippen LogP contribution >= 0.6 is 35.0 Å². The van der Waals surface area contributed by atoms with Crippen LogP contribution in [0.1, 0.15) is 25.1 Å². The number of nitrogens with two attached hydrogens (primary N) is 1. The van der Waals surface area contributed by atoms with Gasteiger partial charge in [-0.25, -0.2) is 4.98 Å².